The number of ketones is 1. The van der Waals surface area contributed by atoms with E-state index in [-0.39, 0.29) is 10.9 Å². The predicted octanol–water partition coefficient (Wildman–Crippen LogP) is 2.89. The van der Waals surface area contributed by atoms with E-state index in [1.54, 1.807) is 12.1 Å². The molecule has 0 bridgehead atoms. The Morgan fingerprint density at radius 2 is 2.29 bits per heavy atom. The van der Waals surface area contributed by atoms with Crippen LogP contribution >= 0.6 is 11.6 Å². The first-order valence-corrected chi connectivity index (χ1v) is 6.13. The lowest BCUT2D eigenvalue weighted by molar-refractivity contribution is -0.125. The maximum Gasteiger partial charge on any atom is 0.141 e. The molecule has 0 spiro atoms. The molecule has 1 heterocycles. The number of rotatable bonds is 2. The molecule has 0 aromatic heterocycles. The quantitative estimate of drug-likeness (QED) is 0.810. The van der Waals surface area contributed by atoms with Crippen molar-refractivity contribution in [3.63, 3.8) is 0 Å². The van der Waals surface area contributed by atoms with E-state index in [4.69, 9.17) is 11.6 Å². The Morgan fingerprint density at radius 3 is 2.94 bits per heavy atom. The van der Waals surface area contributed by atoms with E-state index in [2.05, 4.69) is 4.90 Å². The summed E-state index contributed by atoms with van der Waals surface area (Å²) < 4.78 is 13.0. The minimum absolute atomic E-state index is 0.0969. The van der Waals surface area contributed by atoms with Crippen LogP contribution in [0.4, 0.5) is 4.39 Å². The van der Waals surface area contributed by atoms with Crippen molar-refractivity contribution in [1.29, 1.82) is 0 Å². The average Bonchev–Trinajstić information content (AvgIpc) is 2.29. The molecule has 4 heteroatoms. The molecule has 1 aromatic carbocycles. The number of nitrogens with zero attached hydrogens (tertiary/aromatic N) is 1. The molecular weight excluding hydrogens is 241 g/mol. The van der Waals surface area contributed by atoms with E-state index in [0.717, 1.165) is 25.2 Å². The molecule has 0 aliphatic carbocycles. The Morgan fingerprint density at radius 1 is 1.53 bits per heavy atom. The lowest BCUT2D eigenvalue weighted by Crippen LogP contribution is -2.39. The van der Waals surface area contributed by atoms with Crippen molar-refractivity contribution in [2.24, 2.45) is 5.92 Å². The SMILES string of the molecule is CC1CN(Cc2ccc(F)c(Cl)c2)CCC1=O. The Kier molecular flexibility index (Phi) is 3.79. The van der Waals surface area contributed by atoms with E-state index in [1.807, 2.05) is 6.92 Å². The zero-order valence-corrected chi connectivity index (χ0v) is 10.5. The van der Waals surface area contributed by atoms with Crippen molar-refractivity contribution in [2.75, 3.05) is 13.1 Å². The van der Waals surface area contributed by atoms with Crippen LogP contribution in [0, 0.1) is 11.7 Å². The van der Waals surface area contributed by atoms with Gasteiger partial charge in [0.25, 0.3) is 0 Å². The standard InChI is InChI=1S/C13H15ClFNO/c1-9-7-16(5-4-13(9)17)8-10-2-3-12(15)11(14)6-10/h2-3,6,9H,4-5,7-8H2,1H3. The topological polar surface area (TPSA) is 20.3 Å². The Labute approximate surface area is 105 Å². The Balaban J connectivity index is 2.01. The van der Waals surface area contributed by atoms with Crippen molar-refractivity contribution in [1.82, 2.24) is 4.90 Å². The number of hydrogen-bond donors (Lipinski definition) is 0. The zero-order chi connectivity index (χ0) is 12.4. The number of hydrogen-bond acceptors (Lipinski definition) is 2. The highest BCUT2D eigenvalue weighted by Gasteiger charge is 2.23. The highest BCUT2D eigenvalue weighted by molar-refractivity contribution is 6.30. The second kappa shape index (κ2) is 5.15. The monoisotopic (exact) mass is 255 g/mol. The minimum Gasteiger partial charge on any atom is -0.299 e. The van der Waals surface area contributed by atoms with E-state index >= 15 is 0 Å². The Bertz CT molecular complexity index is 435. The molecule has 1 aliphatic rings. The van der Waals surface area contributed by atoms with Crippen molar-refractivity contribution in [3.05, 3.63) is 34.6 Å². The second-order valence-electron chi connectivity index (χ2n) is 4.60. The highest BCUT2D eigenvalue weighted by Crippen LogP contribution is 2.19. The van der Waals surface area contributed by atoms with Crippen LogP contribution in [0.15, 0.2) is 18.2 Å². The maximum atomic E-state index is 13.0. The summed E-state index contributed by atoms with van der Waals surface area (Å²) >= 11 is 5.74. The van der Waals surface area contributed by atoms with Crippen molar-refractivity contribution in [2.45, 2.75) is 19.9 Å². The van der Waals surface area contributed by atoms with Crippen molar-refractivity contribution in [3.8, 4) is 0 Å². The predicted molar refractivity (Wildman–Crippen MR) is 65.5 cm³/mol. The third kappa shape index (κ3) is 3.05. The first-order chi connectivity index (χ1) is 8.06. The molecule has 1 fully saturated rings. The molecule has 1 atom stereocenters. The molecular formula is C13H15ClFNO. The summed E-state index contributed by atoms with van der Waals surface area (Å²) in [5, 5.41) is 0.156. The molecule has 0 N–H and O–H groups in total. The van der Waals surface area contributed by atoms with Gasteiger partial charge in [-0.05, 0) is 17.7 Å². The number of Topliss-reactive ketones (excluding diaryl/α,β-unsaturated/α-hetero) is 1. The van der Waals surface area contributed by atoms with Gasteiger partial charge in [0.05, 0.1) is 5.02 Å². The summed E-state index contributed by atoms with van der Waals surface area (Å²) in [6.45, 7) is 4.22. The first kappa shape index (κ1) is 12.5. The van der Waals surface area contributed by atoms with Crippen LogP contribution in [0.25, 0.3) is 0 Å². The van der Waals surface area contributed by atoms with Crippen LogP contribution < -0.4 is 0 Å². The fourth-order valence-corrected chi connectivity index (χ4v) is 2.34. The number of benzene rings is 1. The summed E-state index contributed by atoms with van der Waals surface area (Å²) in [5.74, 6) is 0.0377. The lowest BCUT2D eigenvalue weighted by Gasteiger charge is -2.29. The Hall–Kier alpha value is -0.930. The molecule has 2 nitrogen and oxygen atoms in total. The third-order valence-corrected chi connectivity index (χ3v) is 3.44. The van der Waals surface area contributed by atoms with Gasteiger partial charge in [0, 0.05) is 32.0 Å². The number of carbonyl (C=O) groups is 1. The highest BCUT2D eigenvalue weighted by atomic mass is 35.5. The van der Waals surface area contributed by atoms with Gasteiger partial charge in [0.15, 0.2) is 0 Å². The van der Waals surface area contributed by atoms with Crippen molar-refractivity contribution >= 4 is 17.4 Å². The minimum atomic E-state index is -0.391. The molecule has 0 amide bonds. The van der Waals surface area contributed by atoms with Gasteiger partial charge >= 0.3 is 0 Å². The third-order valence-electron chi connectivity index (χ3n) is 3.15. The van der Waals surface area contributed by atoms with Gasteiger partial charge < -0.3 is 0 Å². The summed E-state index contributed by atoms with van der Waals surface area (Å²) in [6, 6.07) is 4.77. The lowest BCUT2D eigenvalue weighted by atomic mass is 9.98. The van der Waals surface area contributed by atoms with E-state index in [0.29, 0.717) is 12.2 Å². The fourth-order valence-electron chi connectivity index (χ4n) is 2.13. The number of carbonyl (C=O) groups excluding carboxylic acids is 1. The van der Waals surface area contributed by atoms with Crippen LogP contribution in [0.3, 0.4) is 0 Å². The number of piperidine rings is 1. The van der Waals surface area contributed by atoms with Crippen molar-refractivity contribution < 1.29 is 9.18 Å². The van der Waals surface area contributed by atoms with Gasteiger partial charge in [-0.2, -0.15) is 0 Å². The molecule has 2 rings (SSSR count). The summed E-state index contributed by atoms with van der Waals surface area (Å²) in [6.07, 6.45) is 0.607. The van der Waals surface area contributed by atoms with Gasteiger partial charge in [0.2, 0.25) is 0 Å². The first-order valence-electron chi connectivity index (χ1n) is 5.75. The van der Waals surface area contributed by atoms with E-state index < -0.39 is 5.82 Å². The summed E-state index contributed by atoms with van der Waals surface area (Å²) in [5.41, 5.74) is 0.984. The van der Waals surface area contributed by atoms with E-state index in [1.165, 1.54) is 6.07 Å². The smallest absolute Gasteiger partial charge is 0.141 e. The van der Waals surface area contributed by atoms with Gasteiger partial charge in [-0.15, -0.1) is 0 Å². The molecule has 92 valence electrons. The molecule has 1 aliphatic heterocycles. The van der Waals surface area contributed by atoms with Crippen LogP contribution in [-0.2, 0) is 11.3 Å². The van der Waals surface area contributed by atoms with Crippen LogP contribution in [0.5, 0.6) is 0 Å². The average molecular weight is 256 g/mol. The second-order valence-corrected chi connectivity index (χ2v) is 5.01. The van der Waals surface area contributed by atoms with Gasteiger partial charge in [-0.1, -0.05) is 24.6 Å². The van der Waals surface area contributed by atoms with Gasteiger partial charge in [-0.25, -0.2) is 4.39 Å². The summed E-state index contributed by atoms with van der Waals surface area (Å²) in [7, 11) is 0. The fraction of sp³-hybridized carbons (Fsp3) is 0.462. The largest absolute Gasteiger partial charge is 0.299 e. The zero-order valence-electron chi connectivity index (χ0n) is 9.75. The van der Waals surface area contributed by atoms with Crippen LogP contribution in [0.2, 0.25) is 5.02 Å². The van der Waals surface area contributed by atoms with Gasteiger partial charge in [0.1, 0.15) is 11.6 Å². The summed E-state index contributed by atoms with van der Waals surface area (Å²) in [4.78, 5) is 13.6. The normalized spacial score (nSPS) is 21.8. The van der Waals surface area contributed by atoms with E-state index in [9.17, 15) is 9.18 Å². The molecule has 1 unspecified atom stereocenters. The number of likely N-dealkylation sites (tertiary alicyclic amines) is 1. The maximum absolute atomic E-state index is 13.0. The van der Waals surface area contributed by atoms with Gasteiger partial charge in [-0.3, -0.25) is 9.69 Å². The number of halogens is 2. The van der Waals surface area contributed by atoms with Crippen LogP contribution in [-0.4, -0.2) is 23.8 Å². The molecule has 0 saturated carbocycles. The van der Waals surface area contributed by atoms with Crippen LogP contribution in [0.1, 0.15) is 18.9 Å². The molecule has 17 heavy (non-hydrogen) atoms. The molecule has 1 saturated heterocycles. The molecule has 0 radical (unpaired) electrons. The molecule has 1 aromatic rings.